The minimum absolute atomic E-state index is 0.167. The summed E-state index contributed by atoms with van der Waals surface area (Å²) in [7, 11) is 0. The van der Waals surface area contributed by atoms with Gasteiger partial charge in [0.25, 0.3) is 0 Å². The number of benzene rings is 1. The second kappa shape index (κ2) is 9.36. The van der Waals surface area contributed by atoms with Gasteiger partial charge in [-0.1, -0.05) is 24.3 Å². The van der Waals surface area contributed by atoms with E-state index < -0.39 is 5.97 Å². The van der Waals surface area contributed by atoms with E-state index in [1.165, 1.54) is 0 Å². The SMILES string of the molecule is CC(C)O.O=Cc1ccc(CCCC(=O)O)cc1. The molecular formula is C14H20O4. The predicted molar refractivity (Wildman–Crippen MR) is 69.8 cm³/mol. The van der Waals surface area contributed by atoms with E-state index in [9.17, 15) is 9.59 Å². The van der Waals surface area contributed by atoms with Crippen molar-refractivity contribution in [3.8, 4) is 0 Å². The Morgan fingerprint density at radius 1 is 1.28 bits per heavy atom. The molecule has 0 aliphatic rings. The van der Waals surface area contributed by atoms with E-state index in [-0.39, 0.29) is 12.5 Å². The fourth-order valence-corrected chi connectivity index (χ4v) is 1.21. The molecule has 100 valence electrons. The van der Waals surface area contributed by atoms with Crippen LogP contribution < -0.4 is 0 Å². The third-order valence-electron chi connectivity index (χ3n) is 1.97. The van der Waals surface area contributed by atoms with Crippen LogP contribution in [0.25, 0.3) is 0 Å². The fourth-order valence-electron chi connectivity index (χ4n) is 1.21. The van der Waals surface area contributed by atoms with Crippen molar-refractivity contribution in [2.75, 3.05) is 0 Å². The number of aliphatic carboxylic acids is 1. The molecule has 0 bridgehead atoms. The second-order valence-electron chi connectivity index (χ2n) is 4.20. The summed E-state index contributed by atoms with van der Waals surface area (Å²) in [4.78, 5) is 20.6. The number of aliphatic hydroxyl groups is 1. The van der Waals surface area contributed by atoms with Crippen molar-refractivity contribution < 1.29 is 19.8 Å². The van der Waals surface area contributed by atoms with Crippen molar-refractivity contribution in [3.05, 3.63) is 35.4 Å². The van der Waals surface area contributed by atoms with Crippen LogP contribution in [0.4, 0.5) is 0 Å². The Morgan fingerprint density at radius 2 is 1.78 bits per heavy atom. The minimum atomic E-state index is -0.769. The fraction of sp³-hybridized carbons (Fsp3) is 0.429. The summed E-state index contributed by atoms with van der Waals surface area (Å²) in [5, 5.41) is 16.5. The van der Waals surface area contributed by atoms with Gasteiger partial charge in [-0.05, 0) is 32.3 Å². The molecule has 1 aromatic rings. The van der Waals surface area contributed by atoms with E-state index in [1.807, 2.05) is 12.1 Å². The molecule has 0 saturated carbocycles. The van der Waals surface area contributed by atoms with E-state index in [1.54, 1.807) is 26.0 Å². The maximum atomic E-state index is 10.3. The van der Waals surface area contributed by atoms with Gasteiger partial charge in [-0.25, -0.2) is 0 Å². The number of aryl methyl sites for hydroxylation is 1. The Balaban J connectivity index is 0.000000631. The van der Waals surface area contributed by atoms with Crippen molar-refractivity contribution in [2.45, 2.75) is 39.2 Å². The summed E-state index contributed by atoms with van der Waals surface area (Å²) in [5.41, 5.74) is 1.71. The molecule has 0 radical (unpaired) electrons. The number of carbonyl (C=O) groups excluding carboxylic acids is 1. The normalized spacial score (nSPS) is 9.56. The van der Waals surface area contributed by atoms with Crippen LogP contribution in [0, 0.1) is 0 Å². The van der Waals surface area contributed by atoms with Crippen molar-refractivity contribution >= 4 is 12.3 Å². The Kier molecular flexibility index (Phi) is 8.49. The quantitative estimate of drug-likeness (QED) is 0.788. The summed E-state index contributed by atoms with van der Waals surface area (Å²) < 4.78 is 0. The predicted octanol–water partition coefficient (Wildman–Crippen LogP) is 2.29. The number of aliphatic hydroxyl groups excluding tert-OH is 1. The van der Waals surface area contributed by atoms with Crippen molar-refractivity contribution in [1.82, 2.24) is 0 Å². The van der Waals surface area contributed by atoms with Gasteiger partial charge in [-0.2, -0.15) is 0 Å². The summed E-state index contributed by atoms with van der Waals surface area (Å²) in [6.07, 6.45) is 2.19. The van der Waals surface area contributed by atoms with Crippen LogP contribution in [0.5, 0.6) is 0 Å². The summed E-state index contributed by atoms with van der Waals surface area (Å²) >= 11 is 0. The molecule has 18 heavy (non-hydrogen) atoms. The van der Waals surface area contributed by atoms with Crippen molar-refractivity contribution in [1.29, 1.82) is 0 Å². The van der Waals surface area contributed by atoms with Gasteiger partial charge in [0.15, 0.2) is 0 Å². The average Bonchev–Trinajstić information content (AvgIpc) is 2.29. The van der Waals surface area contributed by atoms with Crippen LogP contribution in [0.1, 0.15) is 42.6 Å². The van der Waals surface area contributed by atoms with Gasteiger partial charge < -0.3 is 10.2 Å². The number of hydrogen-bond acceptors (Lipinski definition) is 3. The Labute approximate surface area is 107 Å². The number of rotatable bonds is 5. The van der Waals surface area contributed by atoms with Crippen LogP contribution in [-0.4, -0.2) is 28.6 Å². The molecule has 0 heterocycles. The standard InChI is InChI=1S/C11H12O3.C3H8O/c12-8-10-6-4-9(5-7-10)2-1-3-11(13)14;1-3(2)4/h4-8H,1-3H2,(H,13,14);3-4H,1-2H3. The molecule has 0 aliphatic carbocycles. The molecule has 0 aromatic heterocycles. The molecule has 1 aromatic carbocycles. The maximum Gasteiger partial charge on any atom is 0.303 e. The molecule has 0 aliphatic heterocycles. The average molecular weight is 252 g/mol. The molecule has 0 spiro atoms. The van der Waals surface area contributed by atoms with E-state index in [2.05, 4.69) is 0 Å². The summed E-state index contributed by atoms with van der Waals surface area (Å²) in [5.74, 6) is -0.769. The highest BCUT2D eigenvalue weighted by Crippen LogP contribution is 2.06. The van der Waals surface area contributed by atoms with Crippen LogP contribution >= 0.6 is 0 Å². The van der Waals surface area contributed by atoms with Gasteiger partial charge in [0.2, 0.25) is 0 Å². The Hall–Kier alpha value is -1.68. The molecule has 0 unspecified atom stereocenters. The lowest BCUT2D eigenvalue weighted by molar-refractivity contribution is -0.137. The lowest BCUT2D eigenvalue weighted by Crippen LogP contribution is -1.95. The van der Waals surface area contributed by atoms with Gasteiger partial charge in [0.05, 0.1) is 0 Å². The second-order valence-corrected chi connectivity index (χ2v) is 4.20. The zero-order chi connectivity index (χ0) is 14.0. The van der Waals surface area contributed by atoms with Gasteiger partial charge >= 0.3 is 5.97 Å². The van der Waals surface area contributed by atoms with E-state index >= 15 is 0 Å². The summed E-state index contributed by atoms with van der Waals surface area (Å²) in [6.45, 7) is 3.44. The van der Waals surface area contributed by atoms with Crippen molar-refractivity contribution in [3.63, 3.8) is 0 Å². The minimum Gasteiger partial charge on any atom is -0.481 e. The monoisotopic (exact) mass is 252 g/mol. The largest absolute Gasteiger partial charge is 0.481 e. The van der Waals surface area contributed by atoms with E-state index in [4.69, 9.17) is 10.2 Å². The highest BCUT2D eigenvalue weighted by atomic mass is 16.4. The highest BCUT2D eigenvalue weighted by Gasteiger charge is 1.98. The molecule has 0 amide bonds. The first kappa shape index (κ1) is 16.3. The Bertz CT molecular complexity index is 352. The van der Waals surface area contributed by atoms with Gasteiger partial charge in [-0.15, -0.1) is 0 Å². The molecule has 0 fully saturated rings. The smallest absolute Gasteiger partial charge is 0.303 e. The van der Waals surface area contributed by atoms with Crippen LogP contribution in [0.3, 0.4) is 0 Å². The summed E-state index contributed by atoms with van der Waals surface area (Å²) in [6, 6.07) is 7.18. The lowest BCUT2D eigenvalue weighted by atomic mass is 10.1. The van der Waals surface area contributed by atoms with Crippen molar-refractivity contribution in [2.24, 2.45) is 0 Å². The van der Waals surface area contributed by atoms with Gasteiger partial charge in [-0.3, -0.25) is 9.59 Å². The van der Waals surface area contributed by atoms with E-state index in [0.29, 0.717) is 12.0 Å². The molecule has 0 saturated heterocycles. The van der Waals surface area contributed by atoms with Gasteiger partial charge in [0, 0.05) is 18.1 Å². The Morgan fingerprint density at radius 3 is 2.17 bits per heavy atom. The van der Waals surface area contributed by atoms with E-state index in [0.717, 1.165) is 18.3 Å². The molecular weight excluding hydrogens is 232 g/mol. The number of carboxylic acids is 1. The first-order chi connectivity index (χ1) is 8.45. The molecule has 4 nitrogen and oxygen atoms in total. The molecule has 0 atom stereocenters. The first-order valence-corrected chi connectivity index (χ1v) is 5.89. The van der Waals surface area contributed by atoms with Crippen LogP contribution in [-0.2, 0) is 11.2 Å². The molecule has 4 heteroatoms. The topological polar surface area (TPSA) is 74.6 Å². The number of hydrogen-bond donors (Lipinski definition) is 2. The van der Waals surface area contributed by atoms with Gasteiger partial charge in [0.1, 0.15) is 6.29 Å². The lowest BCUT2D eigenvalue weighted by Gasteiger charge is -1.99. The molecule has 2 N–H and O–H groups in total. The highest BCUT2D eigenvalue weighted by molar-refractivity contribution is 5.74. The zero-order valence-electron chi connectivity index (χ0n) is 10.8. The number of carbonyl (C=O) groups is 2. The number of carboxylic acid groups (broad SMARTS) is 1. The maximum absolute atomic E-state index is 10.3. The van der Waals surface area contributed by atoms with Crippen LogP contribution in [0.15, 0.2) is 24.3 Å². The third kappa shape index (κ3) is 9.54. The van der Waals surface area contributed by atoms with Crippen LogP contribution in [0.2, 0.25) is 0 Å². The zero-order valence-corrected chi connectivity index (χ0v) is 10.8. The first-order valence-electron chi connectivity index (χ1n) is 5.89. The number of aldehydes is 1. The molecule has 1 rings (SSSR count). The third-order valence-corrected chi connectivity index (χ3v) is 1.97.